The molecule has 3 aromatic rings. The molecule has 0 atom stereocenters. The Kier molecular flexibility index (Phi) is 5.46. The molecule has 1 aliphatic rings. The Morgan fingerprint density at radius 2 is 2.04 bits per heavy atom. The second-order valence-corrected chi connectivity index (χ2v) is 8.07. The van der Waals surface area contributed by atoms with Crippen molar-refractivity contribution in [2.24, 2.45) is 0 Å². The molecule has 1 amide bonds. The van der Waals surface area contributed by atoms with Gasteiger partial charge in [-0.15, -0.1) is 0 Å². The maximum absolute atomic E-state index is 13.9. The summed E-state index contributed by atoms with van der Waals surface area (Å²) in [6, 6.07) is 8.84. The van der Waals surface area contributed by atoms with Crippen LogP contribution in [0.25, 0.3) is 10.2 Å². The van der Waals surface area contributed by atoms with Gasteiger partial charge in [0, 0.05) is 36.5 Å². The number of carbonyl (C=O) groups excluding carboxylic acids is 1. The van der Waals surface area contributed by atoms with Crippen LogP contribution in [0.4, 0.5) is 8.78 Å². The highest BCUT2D eigenvalue weighted by molar-refractivity contribution is 7.20. The van der Waals surface area contributed by atoms with E-state index in [2.05, 4.69) is 4.98 Å². The Labute approximate surface area is 169 Å². The first kappa shape index (κ1) is 19.1. The van der Waals surface area contributed by atoms with Crippen LogP contribution in [0.2, 0.25) is 5.02 Å². The third-order valence-electron chi connectivity index (χ3n) is 4.78. The predicted molar refractivity (Wildman–Crippen MR) is 105 cm³/mol. The molecule has 1 saturated heterocycles. The Morgan fingerprint density at radius 1 is 1.25 bits per heavy atom. The number of hydrogen-bond donors (Lipinski definition) is 0. The Balaban J connectivity index is 1.34. The van der Waals surface area contributed by atoms with Crippen LogP contribution >= 0.6 is 22.9 Å². The summed E-state index contributed by atoms with van der Waals surface area (Å²) in [6.45, 7) is 1.05. The molecular weight excluding hydrogens is 406 g/mol. The Morgan fingerprint density at radius 3 is 2.79 bits per heavy atom. The third kappa shape index (κ3) is 4.10. The molecule has 1 aliphatic heterocycles. The zero-order valence-electron chi connectivity index (χ0n) is 14.8. The van der Waals surface area contributed by atoms with Crippen molar-refractivity contribution in [3.63, 3.8) is 0 Å². The SMILES string of the molecule is O=C(Cc1c(F)cccc1Cl)N1CCC(Oc2nc3ccc(F)cc3s2)CC1. The fourth-order valence-corrected chi connectivity index (χ4v) is 4.39. The molecule has 28 heavy (non-hydrogen) atoms. The summed E-state index contributed by atoms with van der Waals surface area (Å²) in [5, 5.41) is 0.766. The minimum atomic E-state index is -0.466. The fraction of sp³-hybridized carbons (Fsp3) is 0.300. The van der Waals surface area contributed by atoms with Gasteiger partial charge in [-0.2, -0.15) is 0 Å². The van der Waals surface area contributed by atoms with E-state index in [-0.39, 0.29) is 34.8 Å². The number of aromatic nitrogens is 1. The summed E-state index contributed by atoms with van der Waals surface area (Å²) in [5.74, 6) is -0.920. The van der Waals surface area contributed by atoms with Gasteiger partial charge in [-0.3, -0.25) is 4.79 Å². The van der Waals surface area contributed by atoms with Gasteiger partial charge < -0.3 is 9.64 Å². The van der Waals surface area contributed by atoms with Crippen molar-refractivity contribution in [2.45, 2.75) is 25.4 Å². The number of benzene rings is 2. The Hall–Kier alpha value is -2.25. The zero-order chi connectivity index (χ0) is 19.7. The molecule has 146 valence electrons. The molecule has 2 heterocycles. The standard InChI is InChI=1S/C20H17ClF2N2O2S/c21-15-2-1-3-16(23)14(15)11-19(26)25-8-6-13(7-9-25)27-20-24-17-5-4-12(22)10-18(17)28-20/h1-5,10,13H,6-9,11H2. The highest BCUT2D eigenvalue weighted by atomic mass is 35.5. The molecule has 0 N–H and O–H groups in total. The van der Waals surface area contributed by atoms with E-state index >= 15 is 0 Å². The van der Waals surface area contributed by atoms with Gasteiger partial charge in [0.2, 0.25) is 5.91 Å². The molecule has 8 heteroatoms. The first-order valence-corrected chi connectivity index (χ1v) is 10.1. The number of rotatable bonds is 4. The molecule has 0 saturated carbocycles. The van der Waals surface area contributed by atoms with Crippen molar-refractivity contribution in [1.29, 1.82) is 0 Å². The van der Waals surface area contributed by atoms with E-state index in [0.717, 1.165) is 4.70 Å². The maximum Gasteiger partial charge on any atom is 0.274 e. The predicted octanol–water partition coefficient (Wildman–Crippen LogP) is 4.84. The molecular formula is C20H17ClF2N2O2S. The minimum Gasteiger partial charge on any atom is -0.467 e. The Bertz CT molecular complexity index is 998. The van der Waals surface area contributed by atoms with Crippen molar-refractivity contribution >= 4 is 39.1 Å². The van der Waals surface area contributed by atoms with Gasteiger partial charge in [0.15, 0.2) is 0 Å². The summed E-state index contributed by atoms with van der Waals surface area (Å²) in [5.41, 5.74) is 0.935. The largest absolute Gasteiger partial charge is 0.467 e. The van der Waals surface area contributed by atoms with E-state index in [1.54, 1.807) is 17.0 Å². The van der Waals surface area contributed by atoms with Crippen LogP contribution in [-0.2, 0) is 11.2 Å². The lowest BCUT2D eigenvalue weighted by atomic mass is 10.1. The molecule has 1 fully saturated rings. The lowest BCUT2D eigenvalue weighted by Gasteiger charge is -2.31. The first-order valence-electron chi connectivity index (χ1n) is 8.93. The number of halogens is 3. The number of likely N-dealkylation sites (tertiary alicyclic amines) is 1. The summed E-state index contributed by atoms with van der Waals surface area (Å²) >= 11 is 7.32. The molecule has 0 radical (unpaired) electrons. The highest BCUT2D eigenvalue weighted by Gasteiger charge is 2.26. The number of fused-ring (bicyclic) bond motifs is 1. The van der Waals surface area contributed by atoms with Crippen LogP contribution in [0.3, 0.4) is 0 Å². The molecule has 0 spiro atoms. The summed E-state index contributed by atoms with van der Waals surface area (Å²) in [6.07, 6.45) is 1.19. The van der Waals surface area contributed by atoms with E-state index in [1.165, 1.54) is 35.6 Å². The van der Waals surface area contributed by atoms with Gasteiger partial charge in [0.1, 0.15) is 17.7 Å². The van der Waals surface area contributed by atoms with Crippen molar-refractivity contribution in [3.05, 3.63) is 58.6 Å². The van der Waals surface area contributed by atoms with Gasteiger partial charge in [-0.25, -0.2) is 13.8 Å². The van der Waals surface area contributed by atoms with Crippen LogP contribution in [0.15, 0.2) is 36.4 Å². The summed E-state index contributed by atoms with van der Waals surface area (Å²) in [7, 11) is 0. The number of amides is 1. The van der Waals surface area contributed by atoms with Crippen molar-refractivity contribution in [3.8, 4) is 5.19 Å². The summed E-state index contributed by atoms with van der Waals surface area (Å²) < 4.78 is 33.9. The van der Waals surface area contributed by atoms with E-state index in [1.807, 2.05) is 0 Å². The van der Waals surface area contributed by atoms with Gasteiger partial charge >= 0.3 is 0 Å². The van der Waals surface area contributed by atoms with Gasteiger partial charge in [-0.05, 0) is 30.3 Å². The van der Waals surface area contributed by atoms with Crippen molar-refractivity contribution < 1.29 is 18.3 Å². The topological polar surface area (TPSA) is 42.4 Å². The second kappa shape index (κ2) is 8.01. The third-order valence-corrected chi connectivity index (χ3v) is 6.05. The zero-order valence-corrected chi connectivity index (χ0v) is 16.4. The number of piperidine rings is 1. The van der Waals surface area contributed by atoms with Crippen LogP contribution in [-0.4, -0.2) is 35.0 Å². The number of nitrogens with zero attached hydrogens (tertiary/aromatic N) is 2. The molecule has 0 bridgehead atoms. The van der Waals surface area contributed by atoms with E-state index < -0.39 is 5.82 Å². The average Bonchev–Trinajstić information content (AvgIpc) is 3.06. The number of carbonyl (C=O) groups is 1. The number of thiazole rings is 1. The van der Waals surface area contributed by atoms with E-state index in [4.69, 9.17) is 16.3 Å². The number of hydrogen-bond acceptors (Lipinski definition) is 4. The van der Waals surface area contributed by atoms with Crippen LogP contribution in [0.1, 0.15) is 18.4 Å². The van der Waals surface area contributed by atoms with Crippen molar-refractivity contribution in [2.75, 3.05) is 13.1 Å². The van der Waals surface area contributed by atoms with Crippen LogP contribution < -0.4 is 4.74 Å². The first-order chi connectivity index (χ1) is 13.5. The normalized spacial score (nSPS) is 15.2. The quantitative estimate of drug-likeness (QED) is 0.604. The van der Waals surface area contributed by atoms with Crippen LogP contribution in [0.5, 0.6) is 5.19 Å². The minimum absolute atomic E-state index is 0.0551. The monoisotopic (exact) mass is 422 g/mol. The van der Waals surface area contributed by atoms with Gasteiger partial charge in [-0.1, -0.05) is 29.0 Å². The molecule has 1 aromatic heterocycles. The van der Waals surface area contributed by atoms with Crippen molar-refractivity contribution in [1.82, 2.24) is 9.88 Å². The van der Waals surface area contributed by atoms with Gasteiger partial charge in [0.05, 0.1) is 16.6 Å². The maximum atomic E-state index is 13.9. The smallest absolute Gasteiger partial charge is 0.274 e. The van der Waals surface area contributed by atoms with Gasteiger partial charge in [0.25, 0.3) is 5.19 Å². The van der Waals surface area contributed by atoms with E-state index in [0.29, 0.717) is 36.6 Å². The van der Waals surface area contributed by atoms with Crippen LogP contribution in [0, 0.1) is 11.6 Å². The second-order valence-electron chi connectivity index (χ2n) is 6.67. The lowest BCUT2D eigenvalue weighted by Crippen LogP contribution is -2.42. The number of ether oxygens (including phenoxy) is 1. The highest BCUT2D eigenvalue weighted by Crippen LogP contribution is 2.30. The fourth-order valence-electron chi connectivity index (χ4n) is 3.26. The van der Waals surface area contributed by atoms with E-state index in [9.17, 15) is 13.6 Å². The molecule has 0 unspecified atom stereocenters. The lowest BCUT2D eigenvalue weighted by molar-refractivity contribution is -0.132. The average molecular weight is 423 g/mol. The molecule has 4 nitrogen and oxygen atoms in total. The molecule has 4 rings (SSSR count). The molecule has 2 aromatic carbocycles. The summed E-state index contributed by atoms with van der Waals surface area (Å²) in [4.78, 5) is 18.6. The molecule has 0 aliphatic carbocycles.